The maximum Gasteiger partial charge on any atom is 0.251 e. The third kappa shape index (κ3) is 4.08. The SMILES string of the molecule is O=C(Nc1ccc2c(c1)OC1(CCCC1)O2)C1CSC(Cc2ccccc2F)C(=O)N1. The number of halogens is 1. The molecule has 0 radical (unpaired) electrons. The highest BCUT2D eigenvalue weighted by molar-refractivity contribution is 8.00. The number of carbonyl (C=O) groups excluding carboxylic acids is 2. The molecule has 1 aliphatic carbocycles. The highest BCUT2D eigenvalue weighted by Gasteiger charge is 2.44. The molecule has 5 rings (SSSR count). The molecule has 0 aromatic heterocycles. The molecule has 2 unspecified atom stereocenters. The summed E-state index contributed by atoms with van der Waals surface area (Å²) >= 11 is 1.37. The summed E-state index contributed by atoms with van der Waals surface area (Å²) in [5, 5.41) is 5.20. The van der Waals surface area contributed by atoms with Gasteiger partial charge in [-0.25, -0.2) is 4.39 Å². The lowest BCUT2D eigenvalue weighted by molar-refractivity contribution is -0.126. The Morgan fingerprint density at radius 1 is 1.16 bits per heavy atom. The predicted octanol–water partition coefficient (Wildman–Crippen LogP) is 3.65. The van der Waals surface area contributed by atoms with Crippen molar-refractivity contribution in [1.29, 1.82) is 0 Å². The van der Waals surface area contributed by atoms with E-state index in [2.05, 4.69) is 10.6 Å². The zero-order valence-electron chi connectivity index (χ0n) is 16.9. The fraction of sp³-hybridized carbons (Fsp3) is 0.391. The van der Waals surface area contributed by atoms with E-state index in [1.165, 1.54) is 17.8 Å². The number of amides is 2. The average molecular weight is 443 g/mol. The Balaban J connectivity index is 1.19. The Bertz CT molecular complexity index is 1020. The van der Waals surface area contributed by atoms with Crippen LogP contribution < -0.4 is 20.1 Å². The molecule has 3 aliphatic rings. The van der Waals surface area contributed by atoms with Crippen LogP contribution in [0.25, 0.3) is 0 Å². The third-order valence-corrected chi connectivity index (χ3v) is 7.23. The van der Waals surface area contributed by atoms with E-state index >= 15 is 0 Å². The number of anilines is 1. The molecule has 2 heterocycles. The first kappa shape index (κ1) is 20.2. The molecule has 1 spiro atoms. The average Bonchev–Trinajstić information content (AvgIpc) is 3.36. The normalized spacial score (nSPS) is 23.6. The van der Waals surface area contributed by atoms with Crippen LogP contribution in [0.3, 0.4) is 0 Å². The lowest BCUT2D eigenvalue weighted by atomic mass is 10.1. The first-order valence-electron chi connectivity index (χ1n) is 10.5. The molecule has 162 valence electrons. The number of rotatable bonds is 4. The van der Waals surface area contributed by atoms with Crippen molar-refractivity contribution in [2.24, 2.45) is 0 Å². The van der Waals surface area contributed by atoms with Crippen LogP contribution in [-0.2, 0) is 16.0 Å². The summed E-state index contributed by atoms with van der Waals surface area (Å²) in [6.07, 6.45) is 4.18. The first-order chi connectivity index (χ1) is 15.0. The lowest BCUT2D eigenvalue weighted by Crippen LogP contribution is -2.52. The molecule has 2 aromatic rings. The summed E-state index contributed by atoms with van der Waals surface area (Å²) in [7, 11) is 0. The second-order valence-electron chi connectivity index (χ2n) is 8.15. The van der Waals surface area contributed by atoms with Crippen LogP contribution in [0.2, 0.25) is 0 Å². The first-order valence-corrected chi connectivity index (χ1v) is 11.5. The molecule has 8 heteroatoms. The van der Waals surface area contributed by atoms with E-state index in [0.29, 0.717) is 34.9 Å². The Morgan fingerprint density at radius 3 is 2.71 bits per heavy atom. The molecule has 2 aliphatic heterocycles. The van der Waals surface area contributed by atoms with E-state index < -0.39 is 17.1 Å². The highest BCUT2D eigenvalue weighted by atomic mass is 32.2. The maximum absolute atomic E-state index is 13.9. The molecular weight excluding hydrogens is 419 g/mol. The molecule has 2 fully saturated rings. The molecule has 2 aromatic carbocycles. The second-order valence-corrected chi connectivity index (χ2v) is 9.39. The molecule has 31 heavy (non-hydrogen) atoms. The fourth-order valence-electron chi connectivity index (χ4n) is 4.27. The van der Waals surface area contributed by atoms with E-state index in [4.69, 9.17) is 9.47 Å². The van der Waals surface area contributed by atoms with E-state index in [1.807, 2.05) is 0 Å². The van der Waals surface area contributed by atoms with Crippen molar-refractivity contribution >= 4 is 29.3 Å². The molecule has 2 amide bonds. The number of hydrogen-bond acceptors (Lipinski definition) is 5. The lowest BCUT2D eigenvalue weighted by Gasteiger charge is -2.28. The Labute approximate surface area is 183 Å². The fourth-order valence-corrected chi connectivity index (χ4v) is 5.45. The predicted molar refractivity (Wildman–Crippen MR) is 116 cm³/mol. The number of nitrogens with one attached hydrogen (secondary N) is 2. The van der Waals surface area contributed by atoms with Gasteiger partial charge in [0.2, 0.25) is 11.8 Å². The van der Waals surface area contributed by atoms with Crippen LogP contribution >= 0.6 is 11.8 Å². The van der Waals surface area contributed by atoms with Gasteiger partial charge in [0, 0.05) is 30.3 Å². The largest absolute Gasteiger partial charge is 0.448 e. The minimum absolute atomic E-state index is 0.256. The van der Waals surface area contributed by atoms with E-state index in [1.54, 1.807) is 36.4 Å². The highest BCUT2D eigenvalue weighted by Crippen LogP contribution is 2.47. The molecule has 2 N–H and O–H groups in total. The quantitative estimate of drug-likeness (QED) is 0.756. The van der Waals surface area contributed by atoms with Crippen LogP contribution in [0.15, 0.2) is 42.5 Å². The summed E-state index contributed by atoms with van der Waals surface area (Å²) in [6, 6.07) is 11.1. The van der Waals surface area contributed by atoms with Crippen LogP contribution in [0.4, 0.5) is 10.1 Å². The monoisotopic (exact) mass is 442 g/mol. The van der Waals surface area contributed by atoms with Gasteiger partial charge >= 0.3 is 0 Å². The minimum atomic E-state index is -0.652. The van der Waals surface area contributed by atoms with Gasteiger partial charge in [-0.3, -0.25) is 9.59 Å². The maximum atomic E-state index is 13.9. The van der Waals surface area contributed by atoms with Crippen molar-refractivity contribution in [3.8, 4) is 11.5 Å². The van der Waals surface area contributed by atoms with Gasteiger partial charge in [0.1, 0.15) is 11.9 Å². The molecule has 0 bridgehead atoms. The zero-order chi connectivity index (χ0) is 21.4. The van der Waals surface area contributed by atoms with Gasteiger partial charge in [-0.05, 0) is 43.0 Å². The van der Waals surface area contributed by atoms with Crippen molar-refractivity contribution in [3.05, 3.63) is 53.8 Å². The number of fused-ring (bicyclic) bond motifs is 1. The van der Waals surface area contributed by atoms with Gasteiger partial charge in [-0.1, -0.05) is 18.2 Å². The molecule has 2 atom stereocenters. The van der Waals surface area contributed by atoms with Crippen molar-refractivity contribution in [3.63, 3.8) is 0 Å². The molecule has 6 nitrogen and oxygen atoms in total. The third-order valence-electron chi connectivity index (χ3n) is 5.92. The summed E-state index contributed by atoms with van der Waals surface area (Å²) in [5.74, 6) is 0.325. The summed E-state index contributed by atoms with van der Waals surface area (Å²) < 4.78 is 25.9. The van der Waals surface area contributed by atoms with Gasteiger partial charge < -0.3 is 20.1 Å². The van der Waals surface area contributed by atoms with E-state index in [9.17, 15) is 14.0 Å². The van der Waals surface area contributed by atoms with Gasteiger partial charge in [-0.2, -0.15) is 0 Å². The number of thioether (sulfide) groups is 1. The van der Waals surface area contributed by atoms with Crippen molar-refractivity contribution in [1.82, 2.24) is 5.32 Å². The van der Waals surface area contributed by atoms with Crippen molar-refractivity contribution in [2.45, 2.75) is 49.2 Å². The van der Waals surface area contributed by atoms with Gasteiger partial charge in [0.15, 0.2) is 11.5 Å². The Kier molecular flexibility index (Phi) is 5.25. The van der Waals surface area contributed by atoms with Crippen LogP contribution in [0.5, 0.6) is 11.5 Å². The van der Waals surface area contributed by atoms with Gasteiger partial charge in [-0.15, -0.1) is 11.8 Å². The Morgan fingerprint density at radius 2 is 1.94 bits per heavy atom. The molecule has 1 saturated carbocycles. The second kappa shape index (κ2) is 8.07. The Hall–Kier alpha value is -2.74. The van der Waals surface area contributed by atoms with Crippen LogP contribution in [0, 0.1) is 5.82 Å². The number of carbonyl (C=O) groups is 2. The van der Waals surface area contributed by atoms with E-state index in [-0.39, 0.29) is 17.6 Å². The van der Waals surface area contributed by atoms with Gasteiger partial charge in [0.05, 0.1) is 5.25 Å². The summed E-state index contributed by atoms with van der Waals surface area (Å²) in [6.45, 7) is 0. The molecular formula is C23H23FN2O4S. The number of benzene rings is 2. The zero-order valence-corrected chi connectivity index (χ0v) is 17.7. The topological polar surface area (TPSA) is 76.7 Å². The van der Waals surface area contributed by atoms with Crippen molar-refractivity contribution in [2.75, 3.05) is 11.1 Å². The molecule has 1 saturated heterocycles. The van der Waals surface area contributed by atoms with Crippen LogP contribution in [-0.4, -0.2) is 34.6 Å². The standard InChI is InChI=1S/C23H23FN2O4S/c24-16-6-2-1-5-14(16)11-20-22(28)26-17(13-31-20)21(27)25-15-7-8-18-19(12-15)30-23(29-18)9-3-4-10-23/h1-2,5-8,12,17,20H,3-4,9-11,13H2,(H,25,27)(H,26,28). The van der Waals surface area contributed by atoms with Crippen LogP contribution in [0.1, 0.15) is 31.2 Å². The smallest absolute Gasteiger partial charge is 0.251 e. The van der Waals surface area contributed by atoms with E-state index in [0.717, 1.165) is 25.7 Å². The summed E-state index contributed by atoms with van der Waals surface area (Å²) in [4.78, 5) is 25.2. The van der Waals surface area contributed by atoms with Gasteiger partial charge in [0.25, 0.3) is 5.79 Å². The number of ether oxygens (including phenoxy) is 2. The summed E-state index contributed by atoms with van der Waals surface area (Å²) in [5.41, 5.74) is 1.09. The minimum Gasteiger partial charge on any atom is -0.448 e. The van der Waals surface area contributed by atoms with Crippen molar-refractivity contribution < 1.29 is 23.5 Å². The number of hydrogen-bond donors (Lipinski definition) is 2.